The van der Waals surface area contributed by atoms with Crippen molar-refractivity contribution in [2.45, 2.75) is 25.3 Å². The minimum absolute atomic E-state index is 0.580. The van der Waals surface area contributed by atoms with E-state index in [4.69, 9.17) is 11.6 Å². The normalized spacial score (nSPS) is 14.0. The molecule has 0 saturated heterocycles. The maximum atomic E-state index is 6.00. The second kappa shape index (κ2) is 6.58. The number of fused-ring (bicyclic) bond motifs is 1. The molecule has 1 aliphatic rings. The van der Waals surface area contributed by atoms with Gasteiger partial charge in [-0.1, -0.05) is 23.7 Å². The molecule has 3 heterocycles. The molecule has 27 heavy (non-hydrogen) atoms. The van der Waals surface area contributed by atoms with Gasteiger partial charge >= 0.3 is 0 Å². The standard InChI is InChI=1S/C19H17ClN6S/c1-26-16(24-25-19(26)12-2-3-12)9-21-18-17-14(22-10-23-18)8-15(27-17)11-4-6-13(20)7-5-11/h4-8,10,12H,2-3,9H2,1H3,(H,21,22,23). The quantitative estimate of drug-likeness (QED) is 0.532. The van der Waals surface area contributed by atoms with Crippen LogP contribution in [0.5, 0.6) is 0 Å². The zero-order valence-electron chi connectivity index (χ0n) is 14.7. The zero-order chi connectivity index (χ0) is 18.4. The maximum absolute atomic E-state index is 6.00. The van der Waals surface area contributed by atoms with Crippen molar-refractivity contribution >= 4 is 39.0 Å². The van der Waals surface area contributed by atoms with Gasteiger partial charge in [0.25, 0.3) is 0 Å². The number of hydrogen-bond donors (Lipinski definition) is 1. The first kappa shape index (κ1) is 16.6. The first-order chi connectivity index (χ1) is 13.2. The van der Waals surface area contributed by atoms with Crippen LogP contribution in [-0.4, -0.2) is 24.7 Å². The maximum Gasteiger partial charge on any atom is 0.152 e. The van der Waals surface area contributed by atoms with Gasteiger partial charge in [-0.15, -0.1) is 21.5 Å². The van der Waals surface area contributed by atoms with Crippen molar-refractivity contribution in [3.8, 4) is 10.4 Å². The smallest absolute Gasteiger partial charge is 0.152 e. The van der Waals surface area contributed by atoms with Gasteiger partial charge in [0.1, 0.15) is 18.0 Å². The van der Waals surface area contributed by atoms with Crippen molar-refractivity contribution in [1.29, 1.82) is 0 Å². The Hall–Kier alpha value is -2.51. The summed E-state index contributed by atoms with van der Waals surface area (Å²) in [5.41, 5.74) is 2.05. The minimum atomic E-state index is 0.580. The topological polar surface area (TPSA) is 68.5 Å². The third-order valence-corrected chi connectivity index (χ3v) is 6.23. The number of anilines is 1. The van der Waals surface area contributed by atoms with E-state index in [2.05, 4.69) is 36.1 Å². The molecule has 3 aromatic heterocycles. The molecule has 1 N–H and O–H groups in total. The predicted molar refractivity (Wildman–Crippen MR) is 108 cm³/mol. The lowest BCUT2D eigenvalue weighted by Crippen LogP contribution is -2.08. The summed E-state index contributed by atoms with van der Waals surface area (Å²) in [6.45, 7) is 0.580. The van der Waals surface area contributed by atoms with Crippen LogP contribution in [0, 0.1) is 0 Å². The van der Waals surface area contributed by atoms with Crippen molar-refractivity contribution < 1.29 is 0 Å². The van der Waals surface area contributed by atoms with Crippen LogP contribution in [0.1, 0.15) is 30.4 Å². The Kier molecular flexibility index (Phi) is 4.06. The van der Waals surface area contributed by atoms with Gasteiger partial charge in [-0.3, -0.25) is 0 Å². The summed E-state index contributed by atoms with van der Waals surface area (Å²) in [4.78, 5) is 9.99. The highest BCUT2D eigenvalue weighted by atomic mass is 35.5. The van der Waals surface area contributed by atoms with Crippen LogP contribution in [0.15, 0.2) is 36.7 Å². The Bertz CT molecular complexity index is 1110. The van der Waals surface area contributed by atoms with E-state index in [0.717, 1.165) is 43.1 Å². The third kappa shape index (κ3) is 3.17. The summed E-state index contributed by atoms with van der Waals surface area (Å²) in [5.74, 6) is 3.40. The lowest BCUT2D eigenvalue weighted by Gasteiger charge is -2.06. The second-order valence-corrected chi connectivity index (χ2v) is 8.20. The van der Waals surface area contributed by atoms with E-state index in [1.165, 1.54) is 12.8 Å². The fourth-order valence-electron chi connectivity index (χ4n) is 3.13. The van der Waals surface area contributed by atoms with Gasteiger partial charge in [-0.2, -0.15) is 0 Å². The summed E-state index contributed by atoms with van der Waals surface area (Å²) < 4.78 is 3.13. The Morgan fingerprint density at radius 3 is 2.78 bits per heavy atom. The van der Waals surface area contributed by atoms with Crippen molar-refractivity contribution in [3.63, 3.8) is 0 Å². The van der Waals surface area contributed by atoms with Crippen LogP contribution < -0.4 is 5.32 Å². The van der Waals surface area contributed by atoms with Crippen LogP contribution in [-0.2, 0) is 13.6 Å². The molecule has 1 saturated carbocycles. The summed E-state index contributed by atoms with van der Waals surface area (Å²) >= 11 is 7.67. The molecular weight excluding hydrogens is 380 g/mol. The van der Waals surface area contributed by atoms with Gasteiger partial charge in [0.05, 0.1) is 16.8 Å². The molecule has 0 radical (unpaired) electrons. The molecule has 1 fully saturated rings. The minimum Gasteiger partial charge on any atom is -0.361 e. The predicted octanol–water partition coefficient (Wildman–Crippen LogP) is 4.63. The monoisotopic (exact) mass is 396 g/mol. The van der Waals surface area contributed by atoms with Gasteiger partial charge in [0, 0.05) is 22.9 Å². The molecule has 0 aliphatic heterocycles. The molecule has 0 bridgehead atoms. The summed E-state index contributed by atoms with van der Waals surface area (Å²) in [5, 5.41) is 12.8. The summed E-state index contributed by atoms with van der Waals surface area (Å²) in [6, 6.07) is 9.93. The van der Waals surface area contributed by atoms with Crippen LogP contribution in [0.3, 0.4) is 0 Å². The molecule has 8 heteroatoms. The second-order valence-electron chi connectivity index (χ2n) is 6.72. The molecule has 1 aromatic carbocycles. The largest absolute Gasteiger partial charge is 0.361 e. The number of aromatic nitrogens is 5. The molecule has 0 unspecified atom stereocenters. The van der Waals surface area contributed by atoms with E-state index in [9.17, 15) is 0 Å². The lowest BCUT2D eigenvalue weighted by molar-refractivity contribution is 0.757. The highest BCUT2D eigenvalue weighted by Crippen LogP contribution is 2.39. The Balaban J connectivity index is 1.42. The molecule has 5 rings (SSSR count). The average molecular weight is 397 g/mol. The first-order valence-corrected chi connectivity index (χ1v) is 10.0. The molecule has 0 spiro atoms. The van der Waals surface area contributed by atoms with E-state index in [-0.39, 0.29) is 0 Å². The SMILES string of the molecule is Cn1c(CNc2ncnc3cc(-c4ccc(Cl)cc4)sc23)nnc1C1CC1. The van der Waals surface area contributed by atoms with E-state index in [1.54, 1.807) is 17.7 Å². The van der Waals surface area contributed by atoms with E-state index >= 15 is 0 Å². The van der Waals surface area contributed by atoms with Crippen LogP contribution in [0.25, 0.3) is 20.7 Å². The van der Waals surface area contributed by atoms with Crippen molar-refractivity contribution in [3.05, 3.63) is 53.3 Å². The van der Waals surface area contributed by atoms with E-state index in [1.807, 2.05) is 31.3 Å². The molecular formula is C19H17ClN6S. The van der Waals surface area contributed by atoms with Crippen LogP contribution >= 0.6 is 22.9 Å². The van der Waals surface area contributed by atoms with Crippen LogP contribution in [0.4, 0.5) is 5.82 Å². The van der Waals surface area contributed by atoms with Crippen molar-refractivity contribution in [1.82, 2.24) is 24.7 Å². The third-order valence-electron chi connectivity index (χ3n) is 4.80. The molecule has 4 aromatic rings. The van der Waals surface area contributed by atoms with Gasteiger partial charge in [0.2, 0.25) is 0 Å². The highest BCUT2D eigenvalue weighted by Gasteiger charge is 2.29. The van der Waals surface area contributed by atoms with Crippen molar-refractivity contribution in [2.24, 2.45) is 7.05 Å². The number of hydrogen-bond acceptors (Lipinski definition) is 6. The van der Waals surface area contributed by atoms with E-state index < -0.39 is 0 Å². The number of benzene rings is 1. The summed E-state index contributed by atoms with van der Waals surface area (Å²) in [7, 11) is 2.03. The zero-order valence-corrected chi connectivity index (χ0v) is 16.3. The average Bonchev–Trinajstić information content (AvgIpc) is 3.31. The van der Waals surface area contributed by atoms with Gasteiger partial charge in [-0.05, 0) is 36.6 Å². The molecule has 6 nitrogen and oxygen atoms in total. The van der Waals surface area contributed by atoms with Crippen molar-refractivity contribution in [2.75, 3.05) is 5.32 Å². The molecule has 136 valence electrons. The summed E-state index contributed by atoms with van der Waals surface area (Å²) in [6.07, 6.45) is 4.03. The fourth-order valence-corrected chi connectivity index (χ4v) is 4.33. The van der Waals surface area contributed by atoms with Crippen LogP contribution in [0.2, 0.25) is 5.02 Å². The van der Waals surface area contributed by atoms with Gasteiger partial charge in [0.15, 0.2) is 5.82 Å². The molecule has 0 amide bonds. The number of rotatable bonds is 5. The molecule has 0 atom stereocenters. The van der Waals surface area contributed by atoms with Gasteiger partial charge < -0.3 is 9.88 Å². The molecule has 1 aliphatic carbocycles. The Morgan fingerprint density at radius 2 is 2.00 bits per heavy atom. The van der Waals surface area contributed by atoms with Gasteiger partial charge in [-0.25, -0.2) is 9.97 Å². The number of halogens is 1. The van der Waals surface area contributed by atoms with E-state index in [0.29, 0.717) is 12.5 Å². The number of thiophene rings is 1. The Morgan fingerprint density at radius 1 is 1.19 bits per heavy atom. The lowest BCUT2D eigenvalue weighted by atomic mass is 10.2. The number of nitrogens with one attached hydrogen (secondary N) is 1. The fraction of sp³-hybridized carbons (Fsp3) is 0.263. The number of nitrogens with zero attached hydrogens (tertiary/aromatic N) is 5. The Labute approximate surface area is 165 Å². The first-order valence-electron chi connectivity index (χ1n) is 8.81. The highest BCUT2D eigenvalue weighted by molar-refractivity contribution is 7.22.